The van der Waals surface area contributed by atoms with Crippen LogP contribution in [0.25, 0.3) is 0 Å². The predicted octanol–water partition coefficient (Wildman–Crippen LogP) is 0.555. The Hall–Kier alpha value is -1.67. The van der Waals surface area contributed by atoms with Crippen molar-refractivity contribution in [3.8, 4) is 0 Å². The van der Waals surface area contributed by atoms with Crippen molar-refractivity contribution in [2.75, 3.05) is 25.9 Å². The molecule has 1 amide bonds. The molecule has 0 unspecified atom stereocenters. The van der Waals surface area contributed by atoms with E-state index in [-0.39, 0.29) is 35.5 Å². The van der Waals surface area contributed by atoms with Crippen LogP contribution < -0.4 is 11.1 Å². The zero-order valence-corrected chi connectivity index (χ0v) is 12.5. The maximum Gasteiger partial charge on any atom is 0.243 e. The molecule has 0 radical (unpaired) electrons. The molecule has 0 atom stereocenters. The lowest BCUT2D eigenvalue weighted by Crippen LogP contribution is -2.42. The van der Waals surface area contributed by atoms with E-state index in [1.807, 2.05) is 0 Å². The van der Waals surface area contributed by atoms with Gasteiger partial charge >= 0.3 is 0 Å². The Kier molecular flexibility index (Phi) is 4.48. The highest BCUT2D eigenvalue weighted by atomic mass is 32.2. The van der Waals surface area contributed by atoms with Gasteiger partial charge in [0, 0.05) is 26.1 Å². The van der Waals surface area contributed by atoms with Gasteiger partial charge in [-0.15, -0.1) is 0 Å². The molecule has 3 N–H and O–H groups in total. The number of hydrogen-bond donors (Lipinski definition) is 2. The van der Waals surface area contributed by atoms with Crippen LogP contribution in [0.4, 0.5) is 10.1 Å². The topological polar surface area (TPSA) is 92.5 Å². The third-order valence-electron chi connectivity index (χ3n) is 3.68. The van der Waals surface area contributed by atoms with Gasteiger partial charge in [-0.25, -0.2) is 12.8 Å². The molecule has 1 aliphatic heterocycles. The second kappa shape index (κ2) is 5.98. The van der Waals surface area contributed by atoms with Gasteiger partial charge in [0.25, 0.3) is 0 Å². The van der Waals surface area contributed by atoms with Crippen LogP contribution in [0.3, 0.4) is 0 Å². The van der Waals surface area contributed by atoms with Crippen molar-refractivity contribution in [1.29, 1.82) is 0 Å². The number of benzene rings is 1. The Morgan fingerprint density at radius 3 is 2.52 bits per heavy atom. The van der Waals surface area contributed by atoms with E-state index in [1.54, 1.807) is 7.05 Å². The summed E-state index contributed by atoms with van der Waals surface area (Å²) in [6, 6.07) is 3.36. The van der Waals surface area contributed by atoms with E-state index in [4.69, 9.17) is 5.73 Å². The fourth-order valence-corrected chi connectivity index (χ4v) is 3.90. The Morgan fingerprint density at radius 1 is 1.38 bits per heavy atom. The van der Waals surface area contributed by atoms with E-state index in [0.29, 0.717) is 12.8 Å². The van der Waals surface area contributed by atoms with E-state index in [9.17, 15) is 17.6 Å². The van der Waals surface area contributed by atoms with Crippen molar-refractivity contribution in [3.63, 3.8) is 0 Å². The van der Waals surface area contributed by atoms with Crippen LogP contribution >= 0.6 is 0 Å². The second-order valence-electron chi connectivity index (χ2n) is 4.98. The summed E-state index contributed by atoms with van der Waals surface area (Å²) >= 11 is 0. The Labute approximate surface area is 123 Å². The summed E-state index contributed by atoms with van der Waals surface area (Å²) in [6.45, 7) is 0.523. The molecule has 1 aromatic carbocycles. The molecule has 21 heavy (non-hydrogen) atoms. The highest BCUT2D eigenvalue weighted by Crippen LogP contribution is 2.25. The molecular weight excluding hydrogens is 297 g/mol. The van der Waals surface area contributed by atoms with E-state index in [1.165, 1.54) is 10.4 Å². The molecule has 1 fully saturated rings. The number of halogens is 1. The third kappa shape index (κ3) is 3.16. The lowest BCUT2D eigenvalue weighted by Gasteiger charge is -2.30. The highest BCUT2D eigenvalue weighted by molar-refractivity contribution is 7.89. The van der Waals surface area contributed by atoms with Crippen molar-refractivity contribution >= 4 is 21.6 Å². The summed E-state index contributed by atoms with van der Waals surface area (Å²) in [7, 11) is -2.14. The normalized spacial score (nSPS) is 17.6. The number of piperidine rings is 1. The maximum atomic E-state index is 13.1. The van der Waals surface area contributed by atoms with Gasteiger partial charge in [-0.1, -0.05) is 0 Å². The van der Waals surface area contributed by atoms with Crippen molar-refractivity contribution in [2.24, 2.45) is 5.92 Å². The first-order valence-electron chi connectivity index (χ1n) is 6.63. The molecule has 0 aromatic heterocycles. The summed E-state index contributed by atoms with van der Waals surface area (Å²) in [6.07, 6.45) is 0.936. The summed E-state index contributed by atoms with van der Waals surface area (Å²) in [5.74, 6) is -0.884. The first-order valence-corrected chi connectivity index (χ1v) is 8.07. The molecule has 0 aliphatic carbocycles. The third-order valence-corrected chi connectivity index (χ3v) is 5.57. The number of nitrogen functional groups attached to an aromatic ring is 1. The lowest BCUT2D eigenvalue weighted by molar-refractivity contribution is -0.125. The summed E-state index contributed by atoms with van der Waals surface area (Å²) in [5, 5.41) is 2.57. The summed E-state index contributed by atoms with van der Waals surface area (Å²) < 4.78 is 39.3. The van der Waals surface area contributed by atoms with E-state index >= 15 is 0 Å². The van der Waals surface area contributed by atoms with Crippen molar-refractivity contribution in [2.45, 2.75) is 17.7 Å². The molecule has 8 heteroatoms. The first-order chi connectivity index (χ1) is 9.86. The SMILES string of the molecule is CNC(=O)C1CCN(S(=O)(=O)c2ccc(F)c(N)c2)CC1. The number of sulfonamides is 1. The number of nitrogens with zero attached hydrogens (tertiary/aromatic N) is 1. The van der Waals surface area contributed by atoms with Crippen molar-refractivity contribution < 1.29 is 17.6 Å². The minimum Gasteiger partial charge on any atom is -0.396 e. The lowest BCUT2D eigenvalue weighted by atomic mass is 9.97. The number of rotatable bonds is 3. The van der Waals surface area contributed by atoms with Gasteiger partial charge in [0.1, 0.15) is 5.82 Å². The van der Waals surface area contributed by atoms with E-state index in [0.717, 1.165) is 12.1 Å². The smallest absolute Gasteiger partial charge is 0.243 e. The van der Waals surface area contributed by atoms with Gasteiger partial charge in [-0.05, 0) is 31.0 Å². The molecule has 0 spiro atoms. The number of anilines is 1. The largest absolute Gasteiger partial charge is 0.396 e. The van der Waals surface area contributed by atoms with E-state index < -0.39 is 15.8 Å². The monoisotopic (exact) mass is 315 g/mol. The molecule has 1 aromatic rings. The van der Waals surface area contributed by atoms with Crippen LogP contribution in [0.1, 0.15) is 12.8 Å². The van der Waals surface area contributed by atoms with Crippen LogP contribution in [0.2, 0.25) is 0 Å². The van der Waals surface area contributed by atoms with Crippen LogP contribution in [-0.2, 0) is 14.8 Å². The van der Waals surface area contributed by atoms with Gasteiger partial charge in [-0.3, -0.25) is 4.79 Å². The summed E-state index contributed by atoms with van der Waals surface area (Å²) in [5.41, 5.74) is 5.22. The Balaban J connectivity index is 2.14. The van der Waals surface area contributed by atoms with Crippen LogP contribution in [-0.4, -0.2) is 38.8 Å². The van der Waals surface area contributed by atoms with Gasteiger partial charge in [0.15, 0.2) is 0 Å². The predicted molar refractivity (Wildman–Crippen MR) is 76.4 cm³/mol. The average Bonchev–Trinajstić information content (AvgIpc) is 2.49. The van der Waals surface area contributed by atoms with Gasteiger partial charge in [0.05, 0.1) is 10.6 Å². The molecule has 1 aliphatic rings. The molecule has 6 nitrogen and oxygen atoms in total. The fraction of sp³-hybridized carbons (Fsp3) is 0.462. The molecular formula is C13H18FN3O3S. The van der Waals surface area contributed by atoms with Crippen LogP contribution in [0, 0.1) is 11.7 Å². The molecule has 0 bridgehead atoms. The Bertz CT molecular complexity index is 640. The zero-order valence-electron chi connectivity index (χ0n) is 11.7. The van der Waals surface area contributed by atoms with Gasteiger partial charge < -0.3 is 11.1 Å². The Morgan fingerprint density at radius 2 is 2.00 bits per heavy atom. The first kappa shape index (κ1) is 15.7. The van der Waals surface area contributed by atoms with Crippen molar-refractivity contribution in [1.82, 2.24) is 9.62 Å². The van der Waals surface area contributed by atoms with Gasteiger partial charge in [0.2, 0.25) is 15.9 Å². The van der Waals surface area contributed by atoms with Crippen LogP contribution in [0.15, 0.2) is 23.1 Å². The fourth-order valence-electron chi connectivity index (χ4n) is 2.39. The minimum atomic E-state index is -3.70. The quantitative estimate of drug-likeness (QED) is 0.797. The number of hydrogen-bond acceptors (Lipinski definition) is 4. The molecule has 1 heterocycles. The zero-order chi connectivity index (χ0) is 15.6. The minimum absolute atomic E-state index is 0.0280. The molecule has 2 rings (SSSR count). The molecule has 1 saturated heterocycles. The summed E-state index contributed by atoms with van der Waals surface area (Å²) in [4.78, 5) is 11.5. The number of carbonyl (C=O) groups is 1. The van der Waals surface area contributed by atoms with Crippen LogP contribution in [0.5, 0.6) is 0 Å². The number of amides is 1. The molecule has 116 valence electrons. The highest BCUT2D eigenvalue weighted by Gasteiger charge is 2.31. The number of nitrogens with one attached hydrogen (secondary N) is 1. The maximum absolute atomic E-state index is 13.1. The number of nitrogens with two attached hydrogens (primary N) is 1. The van der Waals surface area contributed by atoms with Gasteiger partial charge in [-0.2, -0.15) is 4.31 Å². The number of carbonyl (C=O) groups excluding carboxylic acids is 1. The van der Waals surface area contributed by atoms with Crippen molar-refractivity contribution in [3.05, 3.63) is 24.0 Å². The average molecular weight is 315 g/mol. The second-order valence-corrected chi connectivity index (χ2v) is 6.91. The molecule has 0 saturated carbocycles. The standard InChI is InChI=1S/C13H18FN3O3S/c1-16-13(18)9-4-6-17(7-5-9)21(19,20)10-2-3-11(14)12(15)8-10/h2-3,8-9H,4-7,15H2,1H3,(H,16,18). The van der Waals surface area contributed by atoms with E-state index in [2.05, 4.69) is 5.32 Å².